The predicted octanol–water partition coefficient (Wildman–Crippen LogP) is 2.89. The van der Waals surface area contributed by atoms with E-state index in [1.165, 1.54) is 17.0 Å². The first-order chi connectivity index (χ1) is 14.0. The molecule has 5 rings (SSSR count). The Labute approximate surface area is 174 Å². The lowest BCUT2D eigenvalue weighted by Gasteiger charge is -2.29. The molecular formula is C20H17BrN4O4. The van der Waals surface area contributed by atoms with Gasteiger partial charge in [0.05, 0.1) is 22.6 Å². The fourth-order valence-corrected chi connectivity index (χ4v) is 5.04. The van der Waals surface area contributed by atoms with Crippen LogP contribution in [0.5, 0.6) is 0 Å². The number of rotatable bonds is 3. The molecule has 8 nitrogen and oxygen atoms in total. The van der Waals surface area contributed by atoms with Crippen molar-refractivity contribution in [2.45, 2.75) is 18.5 Å². The molecule has 0 saturated carbocycles. The lowest BCUT2D eigenvalue weighted by molar-refractivity contribution is -0.385. The van der Waals surface area contributed by atoms with Gasteiger partial charge in [0.25, 0.3) is 11.6 Å². The molecule has 29 heavy (non-hydrogen) atoms. The lowest BCUT2D eigenvalue weighted by Crippen LogP contribution is -2.44. The highest BCUT2D eigenvalue weighted by Gasteiger charge is 2.62. The standard InChI is InChI=1S/C20H17BrN4O4/c21-13-5-7-14(8-6-13)24-19(26)16-17(12-3-1-4-15(11-12)25(28)29)22-9-2-10-23(22)18(16)20(24)27/h1,3-8,11,16-18H,2,9-10H2/t16-,17+,18+/m1/s1. The summed E-state index contributed by atoms with van der Waals surface area (Å²) in [6, 6.07) is 12.5. The number of nitro groups is 1. The van der Waals surface area contributed by atoms with Gasteiger partial charge in [0.1, 0.15) is 6.04 Å². The molecule has 3 heterocycles. The third-order valence-corrected chi connectivity index (χ3v) is 6.44. The van der Waals surface area contributed by atoms with Gasteiger partial charge in [-0.1, -0.05) is 28.1 Å². The number of nitro benzene ring substituents is 1. The third-order valence-electron chi connectivity index (χ3n) is 5.91. The second-order valence-electron chi connectivity index (χ2n) is 7.44. The molecule has 0 aliphatic carbocycles. The van der Waals surface area contributed by atoms with Gasteiger partial charge in [-0.2, -0.15) is 0 Å². The van der Waals surface area contributed by atoms with Gasteiger partial charge >= 0.3 is 0 Å². The molecule has 3 aliphatic heterocycles. The highest BCUT2D eigenvalue weighted by molar-refractivity contribution is 9.10. The van der Waals surface area contributed by atoms with Crippen molar-refractivity contribution in [1.29, 1.82) is 0 Å². The first kappa shape index (κ1) is 18.4. The Kier molecular flexibility index (Phi) is 4.27. The second kappa shape index (κ2) is 6.72. The van der Waals surface area contributed by atoms with Crippen LogP contribution in [0.15, 0.2) is 53.0 Å². The minimum absolute atomic E-state index is 0.0155. The Hall–Kier alpha value is -2.62. The molecule has 3 saturated heterocycles. The summed E-state index contributed by atoms with van der Waals surface area (Å²) in [4.78, 5) is 38.8. The van der Waals surface area contributed by atoms with E-state index in [2.05, 4.69) is 15.9 Å². The number of benzene rings is 2. The maximum absolute atomic E-state index is 13.4. The van der Waals surface area contributed by atoms with E-state index in [1.54, 1.807) is 36.4 Å². The molecule has 2 aromatic rings. The first-order valence-electron chi connectivity index (χ1n) is 9.38. The molecule has 0 aromatic heterocycles. The number of halogens is 1. The maximum Gasteiger partial charge on any atom is 0.269 e. The van der Waals surface area contributed by atoms with Crippen LogP contribution in [0.3, 0.4) is 0 Å². The van der Waals surface area contributed by atoms with Crippen LogP contribution in [-0.4, -0.2) is 45.9 Å². The lowest BCUT2D eigenvalue weighted by atomic mass is 9.89. The zero-order valence-corrected chi connectivity index (χ0v) is 16.9. The van der Waals surface area contributed by atoms with Crippen molar-refractivity contribution in [2.75, 3.05) is 18.0 Å². The SMILES string of the molecule is O=C1[C@H]2[C@@H](C(=O)N1c1ccc(Br)cc1)N1CCCN1[C@H]2c1cccc([N+](=O)[O-])c1. The zero-order valence-electron chi connectivity index (χ0n) is 15.3. The number of amides is 2. The Morgan fingerprint density at radius 1 is 0.966 bits per heavy atom. The van der Waals surface area contributed by atoms with E-state index < -0.39 is 16.9 Å². The number of imide groups is 1. The number of anilines is 1. The number of nitrogens with zero attached hydrogens (tertiary/aromatic N) is 4. The molecule has 0 spiro atoms. The molecule has 9 heteroatoms. The number of carbonyl (C=O) groups excluding carboxylic acids is 2. The van der Waals surface area contributed by atoms with E-state index in [1.807, 2.05) is 10.0 Å². The molecule has 2 amide bonds. The Bertz CT molecular complexity index is 1030. The van der Waals surface area contributed by atoms with Crippen molar-refractivity contribution in [3.8, 4) is 0 Å². The number of carbonyl (C=O) groups is 2. The predicted molar refractivity (Wildman–Crippen MR) is 108 cm³/mol. The fourth-order valence-electron chi connectivity index (χ4n) is 4.78. The first-order valence-corrected chi connectivity index (χ1v) is 10.2. The molecule has 0 N–H and O–H groups in total. The van der Waals surface area contributed by atoms with E-state index in [-0.39, 0.29) is 23.5 Å². The number of hydrazine groups is 1. The summed E-state index contributed by atoms with van der Waals surface area (Å²) < 4.78 is 0.862. The highest BCUT2D eigenvalue weighted by atomic mass is 79.9. The van der Waals surface area contributed by atoms with Crippen molar-refractivity contribution in [3.63, 3.8) is 0 Å². The summed E-state index contributed by atoms with van der Waals surface area (Å²) in [5, 5.41) is 15.3. The highest BCUT2D eigenvalue weighted by Crippen LogP contribution is 2.49. The summed E-state index contributed by atoms with van der Waals surface area (Å²) in [5.41, 5.74) is 1.22. The largest absolute Gasteiger partial charge is 0.274 e. The van der Waals surface area contributed by atoms with E-state index in [0.29, 0.717) is 17.8 Å². The van der Waals surface area contributed by atoms with Crippen LogP contribution in [0.4, 0.5) is 11.4 Å². The van der Waals surface area contributed by atoms with Crippen molar-refractivity contribution in [2.24, 2.45) is 5.92 Å². The van der Waals surface area contributed by atoms with Gasteiger partial charge in [-0.25, -0.2) is 14.9 Å². The summed E-state index contributed by atoms with van der Waals surface area (Å²) >= 11 is 3.37. The van der Waals surface area contributed by atoms with Crippen LogP contribution in [0.1, 0.15) is 18.0 Å². The average molecular weight is 457 g/mol. The van der Waals surface area contributed by atoms with Crippen LogP contribution < -0.4 is 4.90 Å². The fraction of sp³-hybridized carbons (Fsp3) is 0.300. The average Bonchev–Trinajstić information content (AvgIpc) is 3.35. The van der Waals surface area contributed by atoms with Gasteiger partial charge in [0, 0.05) is 29.7 Å². The van der Waals surface area contributed by atoms with Crippen molar-refractivity contribution in [1.82, 2.24) is 10.0 Å². The van der Waals surface area contributed by atoms with Gasteiger partial charge in [-0.3, -0.25) is 19.7 Å². The topological polar surface area (TPSA) is 87.0 Å². The summed E-state index contributed by atoms with van der Waals surface area (Å²) in [6.45, 7) is 1.42. The van der Waals surface area contributed by atoms with Crippen LogP contribution in [0.25, 0.3) is 0 Å². The minimum Gasteiger partial charge on any atom is -0.274 e. The summed E-state index contributed by atoms with van der Waals surface area (Å²) in [6.07, 6.45) is 0.883. The van der Waals surface area contributed by atoms with Crippen molar-refractivity contribution >= 4 is 39.1 Å². The molecule has 0 bridgehead atoms. The Morgan fingerprint density at radius 2 is 1.66 bits per heavy atom. The minimum atomic E-state index is -0.589. The van der Waals surface area contributed by atoms with Crippen LogP contribution in [0.2, 0.25) is 0 Å². The summed E-state index contributed by atoms with van der Waals surface area (Å²) in [7, 11) is 0. The Morgan fingerprint density at radius 3 is 2.34 bits per heavy atom. The summed E-state index contributed by atoms with van der Waals surface area (Å²) in [5.74, 6) is -1.08. The normalized spacial score (nSPS) is 26.8. The maximum atomic E-state index is 13.4. The van der Waals surface area contributed by atoms with Gasteiger partial charge < -0.3 is 0 Å². The molecule has 3 aliphatic rings. The van der Waals surface area contributed by atoms with Gasteiger partial charge in [0.15, 0.2) is 0 Å². The second-order valence-corrected chi connectivity index (χ2v) is 8.35. The van der Waals surface area contributed by atoms with Crippen LogP contribution in [0, 0.1) is 16.0 Å². The van der Waals surface area contributed by atoms with Gasteiger partial charge in [0.2, 0.25) is 5.91 Å². The molecule has 3 atom stereocenters. The quantitative estimate of drug-likeness (QED) is 0.400. The molecule has 148 valence electrons. The Balaban J connectivity index is 1.58. The zero-order chi connectivity index (χ0) is 20.3. The van der Waals surface area contributed by atoms with E-state index >= 15 is 0 Å². The molecular weight excluding hydrogens is 440 g/mol. The van der Waals surface area contributed by atoms with E-state index in [4.69, 9.17) is 0 Å². The molecule has 3 fully saturated rings. The van der Waals surface area contributed by atoms with Crippen molar-refractivity contribution < 1.29 is 14.5 Å². The van der Waals surface area contributed by atoms with Gasteiger partial charge in [-0.05, 0) is 36.2 Å². The number of hydrogen-bond donors (Lipinski definition) is 0. The van der Waals surface area contributed by atoms with Crippen LogP contribution in [-0.2, 0) is 9.59 Å². The van der Waals surface area contributed by atoms with E-state index in [9.17, 15) is 19.7 Å². The molecule has 2 aromatic carbocycles. The van der Waals surface area contributed by atoms with E-state index in [0.717, 1.165) is 17.4 Å². The smallest absolute Gasteiger partial charge is 0.269 e. The molecule has 0 unspecified atom stereocenters. The van der Waals surface area contributed by atoms with Crippen molar-refractivity contribution in [3.05, 3.63) is 68.7 Å². The van der Waals surface area contributed by atoms with Crippen LogP contribution >= 0.6 is 15.9 Å². The third kappa shape index (κ3) is 2.72. The number of hydrogen-bond acceptors (Lipinski definition) is 6. The number of non-ortho nitro benzene ring substituents is 1. The monoisotopic (exact) mass is 456 g/mol. The number of fused-ring (bicyclic) bond motifs is 3. The molecule has 0 radical (unpaired) electrons. The van der Waals surface area contributed by atoms with Gasteiger partial charge in [-0.15, -0.1) is 0 Å².